The summed E-state index contributed by atoms with van der Waals surface area (Å²) in [5, 5.41) is 10.2. The van der Waals surface area contributed by atoms with Gasteiger partial charge in [0.15, 0.2) is 5.78 Å². The molecule has 7 heteroatoms. The number of nitrogens with one attached hydrogen (secondary N) is 1. The van der Waals surface area contributed by atoms with E-state index in [1.54, 1.807) is 6.33 Å². The second kappa shape index (κ2) is 5.56. The van der Waals surface area contributed by atoms with Crippen molar-refractivity contribution in [3.63, 3.8) is 0 Å². The van der Waals surface area contributed by atoms with E-state index in [-0.39, 0.29) is 5.78 Å². The molecule has 1 atom stereocenters. The largest absolute Gasteiger partial charge is 0.354 e. The average molecular weight is 324 g/mol. The standard InChI is InChI=1S/C17H20N6O/c1-22(9-14(24)17(10-18)4-5-17)12-3-7-23(8-12)16-13-2-6-19-15(13)20-11-21-16/h2,6,11-12H,3-5,7-9H2,1H3,(H,19,20,21)/t12-/m1/s1. The van der Waals surface area contributed by atoms with Gasteiger partial charge in [0.2, 0.25) is 0 Å². The number of Topliss-reactive ketones (excluding diaryl/α,β-unsaturated/α-hetero) is 1. The van der Waals surface area contributed by atoms with Crippen molar-refractivity contribution in [3.05, 3.63) is 18.6 Å². The Morgan fingerprint density at radius 1 is 1.54 bits per heavy atom. The molecule has 0 bridgehead atoms. The average Bonchev–Trinajstić information content (AvgIpc) is 3.02. The predicted octanol–water partition coefficient (Wildman–Crippen LogP) is 1.34. The van der Waals surface area contributed by atoms with E-state index in [2.05, 4.69) is 30.8 Å². The third kappa shape index (κ3) is 2.43. The minimum absolute atomic E-state index is 0.0704. The van der Waals surface area contributed by atoms with Crippen LogP contribution in [0.25, 0.3) is 11.0 Å². The number of nitrogens with zero attached hydrogens (tertiary/aromatic N) is 5. The summed E-state index contributed by atoms with van der Waals surface area (Å²) in [5.74, 6) is 1.01. The van der Waals surface area contributed by atoms with E-state index in [1.807, 2.05) is 19.3 Å². The van der Waals surface area contributed by atoms with Crippen LogP contribution >= 0.6 is 0 Å². The van der Waals surface area contributed by atoms with Crippen molar-refractivity contribution in [2.45, 2.75) is 25.3 Å². The SMILES string of the molecule is CN(CC(=O)C1(C#N)CC1)[C@@H]1CCN(c2ncnc3[nH]ccc23)C1. The maximum absolute atomic E-state index is 12.3. The first-order valence-corrected chi connectivity index (χ1v) is 8.31. The summed E-state index contributed by atoms with van der Waals surface area (Å²) in [7, 11) is 1.98. The van der Waals surface area contributed by atoms with Gasteiger partial charge in [-0.05, 0) is 32.4 Å². The van der Waals surface area contributed by atoms with Crippen molar-refractivity contribution >= 4 is 22.6 Å². The Hall–Kier alpha value is -2.46. The highest BCUT2D eigenvalue weighted by atomic mass is 16.1. The summed E-state index contributed by atoms with van der Waals surface area (Å²) in [4.78, 5) is 28.4. The second-order valence-corrected chi connectivity index (χ2v) is 6.86. The summed E-state index contributed by atoms with van der Waals surface area (Å²) < 4.78 is 0. The number of likely N-dealkylation sites (N-methyl/N-ethyl adjacent to an activating group) is 1. The van der Waals surface area contributed by atoms with E-state index >= 15 is 0 Å². The lowest BCUT2D eigenvalue weighted by molar-refractivity contribution is -0.123. The monoisotopic (exact) mass is 324 g/mol. The number of rotatable bonds is 5. The van der Waals surface area contributed by atoms with Crippen LogP contribution in [-0.4, -0.2) is 58.4 Å². The van der Waals surface area contributed by atoms with Gasteiger partial charge in [0.25, 0.3) is 0 Å². The summed E-state index contributed by atoms with van der Waals surface area (Å²) in [6, 6.07) is 4.49. The summed E-state index contributed by atoms with van der Waals surface area (Å²) >= 11 is 0. The first-order valence-electron chi connectivity index (χ1n) is 8.31. The number of fused-ring (bicyclic) bond motifs is 1. The first-order chi connectivity index (χ1) is 11.6. The summed E-state index contributed by atoms with van der Waals surface area (Å²) in [6.45, 7) is 2.10. The van der Waals surface area contributed by atoms with Gasteiger partial charge in [-0.2, -0.15) is 5.26 Å². The molecule has 4 rings (SSSR count). The fraction of sp³-hybridized carbons (Fsp3) is 0.529. The Kier molecular flexibility index (Phi) is 3.50. The molecule has 1 saturated carbocycles. The molecule has 7 nitrogen and oxygen atoms in total. The molecule has 1 aliphatic heterocycles. The molecule has 1 saturated heterocycles. The highest BCUT2D eigenvalue weighted by Crippen LogP contribution is 2.45. The number of carbonyl (C=O) groups is 1. The van der Waals surface area contributed by atoms with Gasteiger partial charge in [-0.1, -0.05) is 0 Å². The number of H-pyrrole nitrogens is 1. The maximum atomic E-state index is 12.3. The van der Waals surface area contributed by atoms with E-state index in [0.29, 0.717) is 12.6 Å². The Balaban J connectivity index is 1.44. The quantitative estimate of drug-likeness (QED) is 0.893. The molecule has 3 heterocycles. The lowest BCUT2D eigenvalue weighted by Crippen LogP contribution is -2.40. The molecule has 2 fully saturated rings. The highest BCUT2D eigenvalue weighted by molar-refractivity contribution is 5.91. The molecule has 2 aromatic heterocycles. The minimum atomic E-state index is -0.684. The second-order valence-electron chi connectivity index (χ2n) is 6.86. The number of hydrogen-bond donors (Lipinski definition) is 1. The lowest BCUT2D eigenvalue weighted by atomic mass is 10.0. The zero-order valence-corrected chi connectivity index (χ0v) is 13.7. The molecule has 0 radical (unpaired) electrons. The van der Waals surface area contributed by atoms with Crippen molar-refractivity contribution in [1.82, 2.24) is 19.9 Å². The molecule has 2 aliphatic rings. The molecule has 0 unspecified atom stereocenters. The number of aromatic nitrogens is 3. The van der Waals surface area contributed by atoms with E-state index in [1.165, 1.54) is 0 Å². The van der Waals surface area contributed by atoms with Gasteiger partial charge in [0, 0.05) is 25.3 Å². The minimum Gasteiger partial charge on any atom is -0.354 e. The van der Waals surface area contributed by atoms with E-state index < -0.39 is 5.41 Å². The zero-order chi connectivity index (χ0) is 16.7. The van der Waals surface area contributed by atoms with E-state index in [9.17, 15) is 4.79 Å². The van der Waals surface area contributed by atoms with Gasteiger partial charge in [-0.25, -0.2) is 9.97 Å². The smallest absolute Gasteiger partial charge is 0.166 e. The number of carbonyl (C=O) groups excluding carboxylic acids is 1. The van der Waals surface area contributed by atoms with Crippen LogP contribution in [0.2, 0.25) is 0 Å². The van der Waals surface area contributed by atoms with E-state index in [4.69, 9.17) is 5.26 Å². The molecule has 1 N–H and O–H groups in total. The van der Waals surface area contributed by atoms with Crippen LogP contribution in [0.4, 0.5) is 5.82 Å². The van der Waals surface area contributed by atoms with Gasteiger partial charge in [0.05, 0.1) is 18.0 Å². The molecule has 0 aromatic carbocycles. The third-order valence-electron chi connectivity index (χ3n) is 5.31. The van der Waals surface area contributed by atoms with Crippen LogP contribution in [0, 0.1) is 16.7 Å². The van der Waals surface area contributed by atoms with Gasteiger partial charge in [-0.3, -0.25) is 9.69 Å². The van der Waals surface area contributed by atoms with Gasteiger partial charge in [-0.15, -0.1) is 0 Å². The van der Waals surface area contributed by atoms with Crippen molar-refractivity contribution in [3.8, 4) is 6.07 Å². The molecule has 0 amide bonds. The summed E-state index contributed by atoms with van der Waals surface area (Å²) in [5.41, 5.74) is 0.160. The van der Waals surface area contributed by atoms with Crippen molar-refractivity contribution < 1.29 is 4.79 Å². The van der Waals surface area contributed by atoms with Crippen molar-refractivity contribution in [2.24, 2.45) is 5.41 Å². The number of ketones is 1. The molecule has 1 aliphatic carbocycles. The maximum Gasteiger partial charge on any atom is 0.166 e. The fourth-order valence-corrected chi connectivity index (χ4v) is 3.49. The molecule has 2 aromatic rings. The lowest BCUT2D eigenvalue weighted by Gasteiger charge is -2.25. The fourth-order valence-electron chi connectivity index (χ4n) is 3.49. The Morgan fingerprint density at radius 2 is 2.38 bits per heavy atom. The number of hydrogen-bond acceptors (Lipinski definition) is 6. The Labute approximate surface area is 140 Å². The van der Waals surface area contributed by atoms with Crippen LogP contribution in [0.5, 0.6) is 0 Å². The molecular weight excluding hydrogens is 304 g/mol. The third-order valence-corrected chi connectivity index (χ3v) is 5.31. The Morgan fingerprint density at radius 3 is 3.12 bits per heavy atom. The van der Waals surface area contributed by atoms with Crippen LogP contribution in [0.1, 0.15) is 19.3 Å². The molecule has 0 spiro atoms. The number of aromatic amines is 1. The summed E-state index contributed by atoms with van der Waals surface area (Å²) in [6.07, 6.45) is 5.88. The van der Waals surface area contributed by atoms with Crippen LogP contribution in [0.3, 0.4) is 0 Å². The first kappa shape index (κ1) is 15.1. The number of nitriles is 1. The van der Waals surface area contributed by atoms with Crippen LogP contribution < -0.4 is 4.90 Å². The molecule has 124 valence electrons. The Bertz CT molecular complexity index is 818. The van der Waals surface area contributed by atoms with Crippen molar-refractivity contribution in [1.29, 1.82) is 5.26 Å². The highest BCUT2D eigenvalue weighted by Gasteiger charge is 2.50. The van der Waals surface area contributed by atoms with E-state index in [0.717, 1.165) is 49.2 Å². The molecular formula is C17H20N6O. The molecule has 24 heavy (non-hydrogen) atoms. The topological polar surface area (TPSA) is 88.9 Å². The number of anilines is 1. The van der Waals surface area contributed by atoms with Gasteiger partial charge < -0.3 is 9.88 Å². The normalized spacial score (nSPS) is 22.0. The van der Waals surface area contributed by atoms with Crippen LogP contribution in [-0.2, 0) is 4.79 Å². The van der Waals surface area contributed by atoms with Crippen LogP contribution in [0.15, 0.2) is 18.6 Å². The van der Waals surface area contributed by atoms with Crippen molar-refractivity contribution in [2.75, 3.05) is 31.6 Å². The zero-order valence-electron chi connectivity index (χ0n) is 13.7. The van der Waals surface area contributed by atoms with Gasteiger partial charge in [0.1, 0.15) is 23.2 Å². The predicted molar refractivity (Wildman–Crippen MR) is 89.4 cm³/mol. The van der Waals surface area contributed by atoms with Gasteiger partial charge >= 0.3 is 0 Å².